The molecule has 0 saturated heterocycles. The number of hydrogen-bond acceptors (Lipinski definition) is 1. The van der Waals surface area contributed by atoms with Gasteiger partial charge in [-0.25, -0.2) is 0 Å². The molecule has 4 heteroatoms. The second-order valence-electron chi connectivity index (χ2n) is 4.86. The SMILES string of the molecule is CCCCCCNC(=O)c1cc(Br)cn1C(C)C. The van der Waals surface area contributed by atoms with Crippen LogP contribution in [0.15, 0.2) is 16.7 Å². The molecule has 0 aliphatic carbocycles. The van der Waals surface area contributed by atoms with Gasteiger partial charge in [0.15, 0.2) is 0 Å². The molecule has 0 unspecified atom stereocenters. The Morgan fingerprint density at radius 2 is 2.11 bits per heavy atom. The third-order valence-corrected chi connectivity index (χ3v) is 3.35. The molecule has 1 heterocycles. The van der Waals surface area contributed by atoms with Gasteiger partial charge in [0.05, 0.1) is 0 Å². The molecule has 3 nitrogen and oxygen atoms in total. The van der Waals surface area contributed by atoms with Gasteiger partial charge >= 0.3 is 0 Å². The Bertz CT molecular complexity index is 385. The predicted octanol–water partition coefficient (Wildman–Crippen LogP) is 4.14. The molecule has 0 radical (unpaired) electrons. The summed E-state index contributed by atoms with van der Waals surface area (Å²) in [6.07, 6.45) is 6.66. The van der Waals surface area contributed by atoms with Crippen LogP contribution in [0.2, 0.25) is 0 Å². The monoisotopic (exact) mass is 314 g/mol. The van der Waals surface area contributed by atoms with Crippen LogP contribution >= 0.6 is 15.9 Å². The Kier molecular flexibility index (Phi) is 6.47. The number of unbranched alkanes of at least 4 members (excludes halogenated alkanes) is 3. The largest absolute Gasteiger partial charge is 0.351 e. The van der Waals surface area contributed by atoms with E-state index >= 15 is 0 Å². The lowest BCUT2D eigenvalue weighted by molar-refractivity contribution is 0.0942. The van der Waals surface area contributed by atoms with E-state index in [0.29, 0.717) is 0 Å². The summed E-state index contributed by atoms with van der Waals surface area (Å²) in [4.78, 5) is 12.1. The van der Waals surface area contributed by atoms with Gasteiger partial charge in [0.25, 0.3) is 5.91 Å². The summed E-state index contributed by atoms with van der Waals surface area (Å²) >= 11 is 3.42. The van der Waals surface area contributed by atoms with Gasteiger partial charge in [-0.05, 0) is 42.3 Å². The van der Waals surface area contributed by atoms with Gasteiger partial charge < -0.3 is 9.88 Å². The lowest BCUT2D eigenvalue weighted by atomic mass is 10.2. The third-order valence-electron chi connectivity index (χ3n) is 2.92. The number of carbonyl (C=O) groups excluding carboxylic acids is 1. The molecule has 0 spiro atoms. The molecule has 0 aromatic carbocycles. The Balaban J connectivity index is 2.51. The summed E-state index contributed by atoms with van der Waals surface area (Å²) in [5.74, 6) is 0.0194. The van der Waals surface area contributed by atoms with Gasteiger partial charge in [0, 0.05) is 23.3 Å². The maximum Gasteiger partial charge on any atom is 0.267 e. The minimum Gasteiger partial charge on any atom is -0.351 e. The predicted molar refractivity (Wildman–Crippen MR) is 79.0 cm³/mol. The van der Waals surface area contributed by atoms with Crippen LogP contribution in [0.1, 0.15) is 63.0 Å². The molecule has 1 rings (SSSR count). The molecule has 1 aromatic heterocycles. The van der Waals surface area contributed by atoms with Crippen LogP contribution in [0.25, 0.3) is 0 Å². The number of amides is 1. The van der Waals surface area contributed by atoms with Crippen molar-refractivity contribution in [3.05, 3.63) is 22.4 Å². The van der Waals surface area contributed by atoms with E-state index in [-0.39, 0.29) is 11.9 Å². The van der Waals surface area contributed by atoms with Crippen molar-refractivity contribution in [3.63, 3.8) is 0 Å². The molecule has 0 fully saturated rings. The first kappa shape index (κ1) is 15.3. The summed E-state index contributed by atoms with van der Waals surface area (Å²) < 4.78 is 2.94. The zero-order valence-corrected chi connectivity index (χ0v) is 13.1. The Morgan fingerprint density at radius 1 is 1.39 bits per heavy atom. The number of rotatable bonds is 7. The van der Waals surface area contributed by atoms with E-state index in [2.05, 4.69) is 42.0 Å². The number of hydrogen-bond donors (Lipinski definition) is 1. The van der Waals surface area contributed by atoms with Gasteiger partial charge in [-0.3, -0.25) is 4.79 Å². The average molecular weight is 315 g/mol. The molecular weight excluding hydrogens is 292 g/mol. The number of carbonyl (C=O) groups is 1. The Morgan fingerprint density at radius 3 is 2.72 bits per heavy atom. The van der Waals surface area contributed by atoms with Crippen molar-refractivity contribution in [2.24, 2.45) is 0 Å². The van der Waals surface area contributed by atoms with E-state index in [1.807, 2.05) is 16.8 Å². The van der Waals surface area contributed by atoms with Crippen LogP contribution in [0.3, 0.4) is 0 Å². The summed E-state index contributed by atoms with van der Waals surface area (Å²) in [7, 11) is 0. The second kappa shape index (κ2) is 7.62. The molecule has 0 aliphatic heterocycles. The number of nitrogens with zero attached hydrogens (tertiary/aromatic N) is 1. The van der Waals surface area contributed by atoms with Crippen LogP contribution in [0, 0.1) is 0 Å². The van der Waals surface area contributed by atoms with Gasteiger partial charge in [-0.15, -0.1) is 0 Å². The quantitative estimate of drug-likeness (QED) is 0.754. The molecule has 1 N–H and O–H groups in total. The highest BCUT2D eigenvalue weighted by atomic mass is 79.9. The number of halogens is 1. The van der Waals surface area contributed by atoms with Gasteiger partial charge in [-0.2, -0.15) is 0 Å². The van der Waals surface area contributed by atoms with Crippen molar-refractivity contribution < 1.29 is 4.79 Å². The summed E-state index contributed by atoms with van der Waals surface area (Å²) in [5.41, 5.74) is 0.729. The van der Waals surface area contributed by atoms with Crippen molar-refractivity contribution in [2.45, 2.75) is 52.5 Å². The zero-order chi connectivity index (χ0) is 13.5. The molecule has 1 amide bonds. The summed E-state index contributed by atoms with van der Waals surface area (Å²) in [6.45, 7) is 7.10. The molecule has 0 atom stereocenters. The number of aromatic nitrogens is 1. The van der Waals surface area contributed by atoms with Crippen LogP contribution in [-0.4, -0.2) is 17.0 Å². The van der Waals surface area contributed by atoms with E-state index in [9.17, 15) is 4.79 Å². The Hall–Kier alpha value is -0.770. The highest BCUT2D eigenvalue weighted by Gasteiger charge is 2.14. The smallest absolute Gasteiger partial charge is 0.267 e. The third kappa shape index (κ3) is 4.48. The first-order valence-corrected chi connectivity index (χ1v) is 7.51. The van der Waals surface area contributed by atoms with E-state index in [1.165, 1.54) is 19.3 Å². The molecule has 18 heavy (non-hydrogen) atoms. The van der Waals surface area contributed by atoms with Crippen LogP contribution in [-0.2, 0) is 0 Å². The lowest BCUT2D eigenvalue weighted by Crippen LogP contribution is -2.27. The van der Waals surface area contributed by atoms with Crippen molar-refractivity contribution in [1.82, 2.24) is 9.88 Å². The molecule has 102 valence electrons. The van der Waals surface area contributed by atoms with E-state index in [4.69, 9.17) is 0 Å². The van der Waals surface area contributed by atoms with Crippen molar-refractivity contribution in [2.75, 3.05) is 6.54 Å². The molecule has 0 aliphatic rings. The average Bonchev–Trinajstić information content (AvgIpc) is 2.71. The van der Waals surface area contributed by atoms with Gasteiger partial charge in [0.2, 0.25) is 0 Å². The normalized spacial score (nSPS) is 10.9. The van der Waals surface area contributed by atoms with Crippen LogP contribution in [0.4, 0.5) is 0 Å². The first-order chi connectivity index (χ1) is 8.56. The summed E-state index contributed by atoms with van der Waals surface area (Å²) in [6, 6.07) is 2.17. The highest BCUT2D eigenvalue weighted by molar-refractivity contribution is 9.10. The van der Waals surface area contributed by atoms with Gasteiger partial charge in [-0.1, -0.05) is 26.2 Å². The molecular formula is C14H23BrN2O. The maximum atomic E-state index is 12.1. The van der Waals surface area contributed by atoms with Gasteiger partial charge in [0.1, 0.15) is 5.69 Å². The fraction of sp³-hybridized carbons (Fsp3) is 0.643. The topological polar surface area (TPSA) is 34.0 Å². The van der Waals surface area contributed by atoms with E-state index in [0.717, 1.165) is 23.1 Å². The Labute approximate surface area is 118 Å². The van der Waals surface area contributed by atoms with Crippen molar-refractivity contribution >= 4 is 21.8 Å². The lowest BCUT2D eigenvalue weighted by Gasteiger charge is -2.12. The van der Waals surface area contributed by atoms with Crippen molar-refractivity contribution in [1.29, 1.82) is 0 Å². The first-order valence-electron chi connectivity index (χ1n) is 6.71. The second-order valence-corrected chi connectivity index (χ2v) is 5.78. The van der Waals surface area contributed by atoms with Crippen LogP contribution in [0.5, 0.6) is 0 Å². The zero-order valence-electron chi connectivity index (χ0n) is 11.5. The summed E-state index contributed by atoms with van der Waals surface area (Å²) in [5, 5.41) is 2.99. The number of nitrogens with one attached hydrogen (secondary N) is 1. The standard InChI is InChI=1S/C14H23BrN2O/c1-4-5-6-7-8-16-14(18)13-9-12(15)10-17(13)11(2)3/h9-11H,4-8H2,1-3H3,(H,16,18). The van der Waals surface area contributed by atoms with Crippen LogP contribution < -0.4 is 5.32 Å². The maximum absolute atomic E-state index is 12.1. The van der Waals surface area contributed by atoms with E-state index in [1.54, 1.807) is 0 Å². The molecule has 0 bridgehead atoms. The van der Waals surface area contributed by atoms with E-state index < -0.39 is 0 Å². The fourth-order valence-electron chi connectivity index (χ4n) is 1.90. The van der Waals surface area contributed by atoms with Crippen molar-refractivity contribution in [3.8, 4) is 0 Å². The highest BCUT2D eigenvalue weighted by Crippen LogP contribution is 2.19. The fourth-order valence-corrected chi connectivity index (χ4v) is 2.34. The molecule has 0 saturated carbocycles. The minimum atomic E-state index is 0.0194. The molecule has 1 aromatic rings. The minimum absolute atomic E-state index is 0.0194.